The zero-order chi connectivity index (χ0) is 13.1. The van der Waals surface area contributed by atoms with Crippen molar-refractivity contribution in [1.29, 1.82) is 0 Å². The lowest BCUT2D eigenvalue weighted by atomic mass is 9.95. The molecule has 3 nitrogen and oxygen atoms in total. The van der Waals surface area contributed by atoms with Gasteiger partial charge in [-0.15, -0.1) is 0 Å². The maximum absolute atomic E-state index is 13.6. The normalized spacial score (nSPS) is 11.4. The minimum atomic E-state index is -0.690. The molecule has 0 aromatic carbocycles. The molecule has 5 heteroatoms. The maximum atomic E-state index is 13.6. The molecule has 0 saturated carbocycles. The second-order valence-corrected chi connectivity index (χ2v) is 4.29. The predicted molar refractivity (Wildman–Crippen MR) is 66.3 cm³/mol. The lowest BCUT2D eigenvalue weighted by Crippen LogP contribution is -2.34. The van der Waals surface area contributed by atoms with Crippen LogP contribution in [-0.4, -0.2) is 17.6 Å². The minimum Gasteiger partial charge on any atom is -0.371 e. The first-order valence-electron chi connectivity index (χ1n) is 5.77. The molecular formula is C12H19F2N3. The molecule has 0 saturated heterocycles. The van der Waals surface area contributed by atoms with Crippen LogP contribution in [0.5, 0.6) is 0 Å². The van der Waals surface area contributed by atoms with Crippen LogP contribution in [-0.2, 0) is 0 Å². The van der Waals surface area contributed by atoms with Gasteiger partial charge < -0.3 is 10.6 Å². The Kier molecular flexibility index (Phi) is 4.26. The molecule has 1 heterocycles. The molecule has 0 aliphatic rings. The Balaban J connectivity index is 3.06. The Labute approximate surface area is 101 Å². The van der Waals surface area contributed by atoms with Crippen LogP contribution in [0.15, 0.2) is 6.07 Å². The van der Waals surface area contributed by atoms with Gasteiger partial charge in [-0.25, -0.2) is 13.8 Å². The summed E-state index contributed by atoms with van der Waals surface area (Å²) in [6, 6.07) is 0.840. The second-order valence-electron chi connectivity index (χ2n) is 4.29. The highest BCUT2D eigenvalue weighted by molar-refractivity contribution is 5.48. The molecule has 1 aromatic heterocycles. The molecule has 2 N–H and O–H groups in total. The van der Waals surface area contributed by atoms with Gasteiger partial charge in [-0.3, -0.25) is 0 Å². The van der Waals surface area contributed by atoms with E-state index in [1.807, 2.05) is 20.8 Å². The smallest absolute Gasteiger partial charge is 0.168 e. The quantitative estimate of drug-likeness (QED) is 0.832. The van der Waals surface area contributed by atoms with Gasteiger partial charge in [-0.2, -0.15) is 0 Å². The third kappa shape index (κ3) is 3.05. The first-order chi connectivity index (χ1) is 7.95. The van der Waals surface area contributed by atoms with Crippen molar-refractivity contribution in [3.8, 4) is 0 Å². The summed E-state index contributed by atoms with van der Waals surface area (Å²) in [5.41, 5.74) is -0.239. The van der Waals surface area contributed by atoms with E-state index in [1.165, 1.54) is 0 Å². The second kappa shape index (κ2) is 5.29. The molecule has 1 aromatic rings. The Bertz CT molecular complexity index is 390. The summed E-state index contributed by atoms with van der Waals surface area (Å²) in [5, 5.41) is 5.62. The Morgan fingerprint density at radius 1 is 1.18 bits per heavy atom. The molecule has 0 unspecified atom stereocenters. The van der Waals surface area contributed by atoms with Crippen molar-refractivity contribution in [1.82, 2.24) is 4.98 Å². The largest absolute Gasteiger partial charge is 0.371 e. The molecular weight excluding hydrogens is 224 g/mol. The van der Waals surface area contributed by atoms with Crippen molar-refractivity contribution in [3.63, 3.8) is 0 Å². The van der Waals surface area contributed by atoms with Crippen molar-refractivity contribution in [2.75, 3.05) is 17.7 Å². The van der Waals surface area contributed by atoms with Crippen LogP contribution in [0.3, 0.4) is 0 Å². The molecule has 0 radical (unpaired) electrons. The third-order valence-electron chi connectivity index (χ3n) is 3.15. The lowest BCUT2D eigenvalue weighted by molar-refractivity contribution is 0.470. The van der Waals surface area contributed by atoms with Crippen LogP contribution in [0.2, 0.25) is 0 Å². The summed E-state index contributed by atoms with van der Waals surface area (Å²) in [6.45, 7) is 6.00. The lowest BCUT2D eigenvalue weighted by Gasteiger charge is -2.29. The summed E-state index contributed by atoms with van der Waals surface area (Å²) < 4.78 is 26.8. The van der Waals surface area contributed by atoms with Gasteiger partial charge in [0.25, 0.3) is 0 Å². The predicted octanol–water partition coefficient (Wildman–Crippen LogP) is 3.39. The summed E-state index contributed by atoms with van der Waals surface area (Å²) in [5.74, 6) is -1.23. The van der Waals surface area contributed by atoms with Crippen LogP contribution in [0, 0.1) is 11.6 Å². The summed E-state index contributed by atoms with van der Waals surface area (Å²) in [7, 11) is 1.55. The van der Waals surface area contributed by atoms with E-state index in [4.69, 9.17) is 0 Å². The van der Waals surface area contributed by atoms with Gasteiger partial charge >= 0.3 is 0 Å². The van der Waals surface area contributed by atoms with Crippen molar-refractivity contribution in [2.24, 2.45) is 0 Å². The monoisotopic (exact) mass is 243 g/mol. The zero-order valence-corrected chi connectivity index (χ0v) is 10.7. The van der Waals surface area contributed by atoms with E-state index >= 15 is 0 Å². The van der Waals surface area contributed by atoms with Crippen molar-refractivity contribution < 1.29 is 8.78 Å². The van der Waals surface area contributed by atoms with Gasteiger partial charge in [0.05, 0.1) is 0 Å². The topological polar surface area (TPSA) is 37.0 Å². The van der Waals surface area contributed by atoms with E-state index < -0.39 is 11.6 Å². The Morgan fingerprint density at radius 3 is 2.18 bits per heavy atom. The van der Waals surface area contributed by atoms with E-state index in [-0.39, 0.29) is 17.2 Å². The number of anilines is 2. The summed E-state index contributed by atoms with van der Waals surface area (Å²) in [6.07, 6.45) is 1.66. The molecule has 96 valence electrons. The molecule has 0 spiro atoms. The van der Waals surface area contributed by atoms with Crippen molar-refractivity contribution in [2.45, 2.75) is 39.2 Å². The molecule has 17 heavy (non-hydrogen) atoms. The highest BCUT2D eigenvalue weighted by Gasteiger charge is 2.22. The van der Waals surface area contributed by atoms with E-state index in [1.54, 1.807) is 7.05 Å². The van der Waals surface area contributed by atoms with E-state index in [0.29, 0.717) is 0 Å². The zero-order valence-electron chi connectivity index (χ0n) is 10.7. The Hall–Kier alpha value is -1.39. The van der Waals surface area contributed by atoms with E-state index in [0.717, 1.165) is 18.9 Å². The molecule has 0 aliphatic heterocycles. The summed E-state index contributed by atoms with van der Waals surface area (Å²) >= 11 is 0. The average molecular weight is 243 g/mol. The molecule has 0 atom stereocenters. The van der Waals surface area contributed by atoms with Gasteiger partial charge in [0.15, 0.2) is 23.3 Å². The minimum absolute atomic E-state index is 0.0449. The van der Waals surface area contributed by atoms with Crippen LogP contribution >= 0.6 is 0 Å². The van der Waals surface area contributed by atoms with Gasteiger partial charge in [0, 0.05) is 18.7 Å². The number of hydrogen-bond donors (Lipinski definition) is 2. The fraction of sp³-hybridized carbons (Fsp3) is 0.583. The van der Waals surface area contributed by atoms with E-state index in [9.17, 15) is 8.78 Å². The fourth-order valence-corrected chi connectivity index (χ4v) is 1.44. The molecule has 0 amide bonds. The number of aromatic nitrogens is 1. The Morgan fingerprint density at radius 2 is 1.71 bits per heavy atom. The average Bonchev–Trinajstić information content (AvgIpc) is 2.32. The molecule has 0 fully saturated rings. The van der Waals surface area contributed by atoms with Crippen molar-refractivity contribution >= 4 is 11.6 Å². The first kappa shape index (κ1) is 13.7. The fourth-order valence-electron chi connectivity index (χ4n) is 1.44. The number of nitrogens with one attached hydrogen (secondary N) is 2. The van der Waals surface area contributed by atoms with Crippen LogP contribution in [0.1, 0.15) is 33.6 Å². The van der Waals surface area contributed by atoms with Crippen LogP contribution in [0.25, 0.3) is 0 Å². The number of rotatable bonds is 5. The third-order valence-corrected chi connectivity index (χ3v) is 3.15. The van der Waals surface area contributed by atoms with E-state index in [2.05, 4.69) is 15.6 Å². The van der Waals surface area contributed by atoms with Gasteiger partial charge in [-0.1, -0.05) is 13.8 Å². The SMILES string of the molecule is CCC(C)(CC)Nc1nc(NC)c(F)cc1F. The number of pyridine rings is 1. The van der Waals surface area contributed by atoms with Gasteiger partial charge in [-0.05, 0) is 19.8 Å². The van der Waals surface area contributed by atoms with Crippen molar-refractivity contribution in [3.05, 3.63) is 17.7 Å². The molecule has 0 bridgehead atoms. The molecule has 0 aliphatic carbocycles. The number of hydrogen-bond acceptors (Lipinski definition) is 3. The highest BCUT2D eigenvalue weighted by atomic mass is 19.1. The maximum Gasteiger partial charge on any atom is 0.168 e. The highest BCUT2D eigenvalue weighted by Crippen LogP contribution is 2.24. The summed E-state index contributed by atoms with van der Waals surface area (Å²) in [4.78, 5) is 3.90. The number of halogens is 2. The van der Waals surface area contributed by atoms with Gasteiger partial charge in [0.2, 0.25) is 0 Å². The van der Waals surface area contributed by atoms with Crippen LogP contribution in [0.4, 0.5) is 20.4 Å². The standard InChI is InChI=1S/C12H19F2N3/c1-5-12(3,6-2)17-11-9(14)7-8(13)10(15-4)16-11/h7H,5-6H2,1-4H3,(H2,15,16,17). The molecule has 1 rings (SSSR count). The number of nitrogens with zero attached hydrogens (tertiary/aromatic N) is 1. The van der Waals surface area contributed by atoms with Crippen LogP contribution < -0.4 is 10.6 Å². The van der Waals surface area contributed by atoms with Gasteiger partial charge in [0.1, 0.15) is 0 Å². The first-order valence-corrected chi connectivity index (χ1v) is 5.77.